The molecule has 0 heterocycles. The molecule has 20 heavy (non-hydrogen) atoms. The molecule has 0 aromatic carbocycles. The van der Waals surface area contributed by atoms with Gasteiger partial charge in [-0.3, -0.25) is 0 Å². The van der Waals surface area contributed by atoms with Crippen LogP contribution in [0.1, 0.15) is 80.1 Å². The van der Waals surface area contributed by atoms with Crippen LogP contribution in [0.3, 0.4) is 0 Å². The Balaban J connectivity index is 4.41. The minimum absolute atomic E-state index is 0.704. The van der Waals surface area contributed by atoms with Crippen LogP contribution in [0.2, 0.25) is 16.6 Å². The summed E-state index contributed by atoms with van der Waals surface area (Å²) < 4.78 is 0. The average molecular weight is 292 g/mol. The van der Waals surface area contributed by atoms with Crippen LogP contribution in [0.5, 0.6) is 0 Å². The molecular formula is C18H33NSi. The van der Waals surface area contributed by atoms with Crippen molar-refractivity contribution in [2.24, 2.45) is 0 Å². The number of hydrogen-bond donors (Lipinski definition) is 0. The first kappa shape index (κ1) is 19.3. The van der Waals surface area contributed by atoms with Crippen molar-refractivity contribution < 1.29 is 0 Å². The largest absolute Gasteiger partial charge is 0.198 e. The van der Waals surface area contributed by atoms with Crippen LogP contribution in [0.4, 0.5) is 0 Å². The zero-order valence-corrected chi connectivity index (χ0v) is 15.4. The van der Waals surface area contributed by atoms with Gasteiger partial charge in [-0.1, -0.05) is 54.4 Å². The third-order valence-electron chi connectivity index (χ3n) is 4.51. The topological polar surface area (TPSA) is 23.8 Å². The third kappa shape index (κ3) is 5.72. The summed E-state index contributed by atoms with van der Waals surface area (Å²) in [6.45, 7) is 14.2. The quantitative estimate of drug-likeness (QED) is 0.302. The fourth-order valence-electron chi connectivity index (χ4n) is 3.42. The molecule has 0 saturated carbocycles. The van der Waals surface area contributed by atoms with Crippen LogP contribution in [0.15, 0.2) is 0 Å². The predicted octanol–water partition coefficient (Wildman–Crippen LogP) is 6.07. The van der Waals surface area contributed by atoms with Crippen molar-refractivity contribution in [3.8, 4) is 17.5 Å². The van der Waals surface area contributed by atoms with Gasteiger partial charge in [-0.05, 0) is 29.5 Å². The molecule has 0 spiro atoms. The molecule has 0 atom stereocenters. The highest BCUT2D eigenvalue weighted by molar-refractivity contribution is 6.90. The van der Waals surface area contributed by atoms with Crippen LogP contribution in [-0.4, -0.2) is 8.07 Å². The molecule has 0 aliphatic heterocycles. The van der Waals surface area contributed by atoms with Gasteiger partial charge in [-0.2, -0.15) is 5.26 Å². The van der Waals surface area contributed by atoms with Gasteiger partial charge in [0.2, 0.25) is 0 Å². The van der Waals surface area contributed by atoms with E-state index in [0.29, 0.717) is 6.42 Å². The molecule has 1 nitrogen and oxygen atoms in total. The molecule has 0 N–H and O–H groups in total. The minimum atomic E-state index is -1.51. The third-order valence-corrected chi connectivity index (χ3v) is 10.9. The summed E-state index contributed by atoms with van der Waals surface area (Å²) >= 11 is 0. The summed E-state index contributed by atoms with van der Waals surface area (Å²) in [6.07, 6.45) is 6.37. The Kier molecular flexibility index (Phi) is 9.69. The van der Waals surface area contributed by atoms with Gasteiger partial charge in [-0.25, -0.2) is 0 Å². The molecule has 0 unspecified atom stereocenters. The maximum absolute atomic E-state index is 8.48. The highest BCUT2D eigenvalue weighted by Crippen LogP contribution is 2.40. The highest BCUT2D eigenvalue weighted by atomic mass is 28.3. The van der Waals surface area contributed by atoms with E-state index in [1.165, 1.54) is 19.3 Å². The smallest absolute Gasteiger partial charge is 0.145 e. The summed E-state index contributed by atoms with van der Waals surface area (Å²) in [6, 6.07) is 2.20. The highest BCUT2D eigenvalue weighted by Gasteiger charge is 2.41. The standard InChI is InChI=1S/C18H33NSi/c1-16(2)20(17(3)4,18(5)6)15-13-11-9-7-8-10-12-14-19/h16-18H,7-12H2,1-6H3. The molecule has 0 aliphatic rings. The maximum atomic E-state index is 8.48. The first-order chi connectivity index (χ1) is 9.39. The van der Waals surface area contributed by atoms with Crippen molar-refractivity contribution in [1.82, 2.24) is 0 Å². The number of rotatable bonds is 8. The zero-order chi connectivity index (χ0) is 15.6. The lowest BCUT2D eigenvalue weighted by molar-refractivity contribution is 0.659. The SMILES string of the molecule is CC(C)[Si](C#CCCCCCCC#N)(C(C)C)C(C)C. The first-order valence-corrected chi connectivity index (χ1v) is 10.5. The normalized spacial score (nSPS) is 11.6. The Morgan fingerprint density at radius 3 is 1.60 bits per heavy atom. The lowest BCUT2D eigenvalue weighted by atomic mass is 10.1. The van der Waals surface area contributed by atoms with Crippen LogP contribution in [0, 0.1) is 22.8 Å². The van der Waals surface area contributed by atoms with Gasteiger partial charge in [0, 0.05) is 12.8 Å². The average Bonchev–Trinajstić information content (AvgIpc) is 2.35. The second-order valence-corrected chi connectivity index (χ2v) is 12.4. The molecule has 0 fully saturated rings. The van der Waals surface area contributed by atoms with Gasteiger partial charge in [0.1, 0.15) is 8.07 Å². The zero-order valence-electron chi connectivity index (χ0n) is 14.4. The number of nitriles is 1. The van der Waals surface area contributed by atoms with Gasteiger partial charge < -0.3 is 0 Å². The number of nitrogens with zero attached hydrogens (tertiary/aromatic N) is 1. The van der Waals surface area contributed by atoms with Crippen molar-refractivity contribution in [3.63, 3.8) is 0 Å². The minimum Gasteiger partial charge on any atom is -0.198 e. The first-order valence-electron chi connectivity index (χ1n) is 8.26. The van der Waals surface area contributed by atoms with E-state index >= 15 is 0 Å². The molecule has 0 aromatic heterocycles. The van der Waals surface area contributed by atoms with E-state index in [1.54, 1.807) is 0 Å². The predicted molar refractivity (Wildman–Crippen MR) is 92.1 cm³/mol. The van der Waals surface area contributed by atoms with Crippen LogP contribution in [-0.2, 0) is 0 Å². The molecule has 0 radical (unpaired) electrons. The molecular weight excluding hydrogens is 258 g/mol. The molecule has 0 aromatic rings. The van der Waals surface area contributed by atoms with Crippen LogP contribution >= 0.6 is 0 Å². The van der Waals surface area contributed by atoms with E-state index in [9.17, 15) is 0 Å². The number of hydrogen-bond acceptors (Lipinski definition) is 1. The Labute approximate surface area is 128 Å². The Morgan fingerprint density at radius 1 is 0.750 bits per heavy atom. The summed E-state index contributed by atoms with van der Waals surface area (Å²) in [4.78, 5) is 0. The molecule has 0 bridgehead atoms. The van der Waals surface area contributed by atoms with Gasteiger partial charge in [-0.15, -0.1) is 11.5 Å². The Morgan fingerprint density at radius 2 is 1.20 bits per heavy atom. The van der Waals surface area contributed by atoms with Gasteiger partial charge in [0.05, 0.1) is 6.07 Å². The van der Waals surface area contributed by atoms with Crippen LogP contribution < -0.4 is 0 Å². The summed E-state index contributed by atoms with van der Waals surface area (Å²) in [7, 11) is -1.51. The lowest BCUT2D eigenvalue weighted by Gasteiger charge is -2.38. The molecule has 2 heteroatoms. The van der Waals surface area contributed by atoms with Crippen molar-refractivity contribution in [2.75, 3.05) is 0 Å². The van der Waals surface area contributed by atoms with Crippen molar-refractivity contribution in [1.29, 1.82) is 5.26 Å². The Bertz CT molecular complexity index is 330. The fourth-order valence-corrected chi connectivity index (χ4v) is 8.72. The second kappa shape index (κ2) is 10.1. The fraction of sp³-hybridized carbons (Fsp3) is 0.833. The van der Waals surface area contributed by atoms with Crippen molar-refractivity contribution >= 4 is 8.07 Å². The van der Waals surface area contributed by atoms with Gasteiger partial charge in [0.15, 0.2) is 0 Å². The van der Waals surface area contributed by atoms with Crippen molar-refractivity contribution in [3.05, 3.63) is 0 Å². The monoisotopic (exact) mass is 291 g/mol. The molecule has 0 aliphatic carbocycles. The van der Waals surface area contributed by atoms with E-state index in [-0.39, 0.29) is 0 Å². The summed E-state index contributed by atoms with van der Waals surface area (Å²) in [5, 5.41) is 8.48. The van der Waals surface area contributed by atoms with E-state index in [0.717, 1.165) is 29.5 Å². The number of unbranched alkanes of at least 4 members (excludes halogenated alkanes) is 5. The van der Waals surface area contributed by atoms with Gasteiger partial charge in [0.25, 0.3) is 0 Å². The van der Waals surface area contributed by atoms with E-state index in [2.05, 4.69) is 59.1 Å². The molecule has 0 amide bonds. The molecule has 0 rings (SSSR count). The van der Waals surface area contributed by atoms with Gasteiger partial charge >= 0.3 is 0 Å². The van der Waals surface area contributed by atoms with E-state index < -0.39 is 8.07 Å². The maximum Gasteiger partial charge on any atom is 0.145 e. The molecule has 0 saturated heterocycles. The lowest BCUT2D eigenvalue weighted by Crippen LogP contribution is -2.43. The van der Waals surface area contributed by atoms with E-state index in [1.807, 2.05) is 0 Å². The summed E-state index contributed by atoms with van der Waals surface area (Å²) in [5.74, 6) is 3.51. The Hall–Kier alpha value is -0.733. The summed E-state index contributed by atoms with van der Waals surface area (Å²) in [5.41, 5.74) is 5.95. The van der Waals surface area contributed by atoms with Crippen LogP contribution in [0.25, 0.3) is 0 Å². The van der Waals surface area contributed by atoms with Crippen molar-refractivity contribution in [2.45, 2.75) is 96.7 Å². The van der Waals surface area contributed by atoms with E-state index in [4.69, 9.17) is 5.26 Å². The second-order valence-electron chi connectivity index (χ2n) is 6.77. The molecule has 114 valence electrons.